The van der Waals surface area contributed by atoms with Crippen molar-refractivity contribution in [2.24, 2.45) is 5.92 Å². The summed E-state index contributed by atoms with van der Waals surface area (Å²) in [5.74, 6) is 0.898. The van der Waals surface area contributed by atoms with Gasteiger partial charge in [0.15, 0.2) is 0 Å². The Morgan fingerprint density at radius 1 is 1.15 bits per heavy atom. The van der Waals surface area contributed by atoms with Gasteiger partial charge in [0.1, 0.15) is 0 Å². The van der Waals surface area contributed by atoms with Gasteiger partial charge in [-0.15, -0.1) is 0 Å². The number of rotatable bonds is 4. The monoisotopic (exact) mass is 267 g/mol. The molecule has 2 aliphatic rings. The van der Waals surface area contributed by atoms with Crippen LogP contribution in [0.1, 0.15) is 25.7 Å². The lowest BCUT2D eigenvalue weighted by atomic mass is 10.1. The second-order valence-corrected chi connectivity index (χ2v) is 6.08. The zero-order chi connectivity index (χ0) is 13.4. The van der Waals surface area contributed by atoms with Crippen LogP contribution in [0.2, 0.25) is 0 Å². The van der Waals surface area contributed by atoms with Crippen LogP contribution in [0.3, 0.4) is 0 Å². The molecule has 20 heavy (non-hydrogen) atoms. The molecule has 3 nitrogen and oxygen atoms in total. The maximum absolute atomic E-state index is 4.55. The van der Waals surface area contributed by atoms with Gasteiger partial charge in [-0.05, 0) is 55.9 Å². The van der Waals surface area contributed by atoms with Gasteiger partial charge >= 0.3 is 0 Å². The zero-order valence-electron chi connectivity index (χ0n) is 11.8. The molecule has 0 radical (unpaired) electrons. The number of nitrogens with zero attached hydrogens (tertiary/aromatic N) is 2. The average molecular weight is 267 g/mol. The highest BCUT2D eigenvalue weighted by molar-refractivity contribution is 5.93. The van der Waals surface area contributed by atoms with Crippen LogP contribution in [0.15, 0.2) is 30.5 Å². The fraction of sp³-hybridized carbons (Fsp3) is 0.471. The number of hydrogen-bond donors (Lipinski definition) is 1. The molecule has 1 aromatic carbocycles. The Labute approximate surface area is 120 Å². The smallest absolute Gasteiger partial charge is 0.0743 e. The van der Waals surface area contributed by atoms with Crippen LogP contribution in [0.5, 0.6) is 0 Å². The van der Waals surface area contributed by atoms with E-state index in [-0.39, 0.29) is 0 Å². The molecule has 1 saturated carbocycles. The number of nitrogens with one attached hydrogen (secondary N) is 1. The molecular formula is C17H21N3. The number of benzene rings is 1. The maximum atomic E-state index is 4.55. The molecule has 1 aliphatic carbocycles. The molecule has 2 aromatic rings. The van der Waals surface area contributed by atoms with Gasteiger partial charge in [0.2, 0.25) is 0 Å². The Morgan fingerprint density at radius 2 is 2.00 bits per heavy atom. The lowest BCUT2D eigenvalue weighted by molar-refractivity contribution is 0.889. The molecule has 4 rings (SSSR count). The Hall–Kier alpha value is -1.77. The van der Waals surface area contributed by atoms with E-state index in [9.17, 15) is 0 Å². The van der Waals surface area contributed by atoms with E-state index in [0.717, 1.165) is 18.0 Å². The molecule has 1 aromatic heterocycles. The lowest BCUT2D eigenvalue weighted by Crippen LogP contribution is -2.17. The summed E-state index contributed by atoms with van der Waals surface area (Å²) in [6, 6.07) is 8.78. The topological polar surface area (TPSA) is 28.2 Å². The molecule has 2 fully saturated rings. The summed E-state index contributed by atoms with van der Waals surface area (Å²) in [7, 11) is 0. The van der Waals surface area contributed by atoms with Crippen LogP contribution < -0.4 is 10.2 Å². The number of fused-ring (bicyclic) bond motifs is 1. The van der Waals surface area contributed by atoms with Crippen LogP contribution in [-0.4, -0.2) is 24.6 Å². The van der Waals surface area contributed by atoms with E-state index in [2.05, 4.69) is 39.5 Å². The summed E-state index contributed by atoms with van der Waals surface area (Å²) in [6.07, 6.45) is 7.34. The Bertz CT molecular complexity index is 613. The van der Waals surface area contributed by atoms with E-state index in [0.29, 0.717) is 0 Å². The van der Waals surface area contributed by atoms with E-state index in [1.165, 1.54) is 55.5 Å². The highest BCUT2D eigenvalue weighted by atomic mass is 15.1. The van der Waals surface area contributed by atoms with Gasteiger partial charge < -0.3 is 10.2 Å². The second kappa shape index (κ2) is 4.97. The molecule has 104 valence electrons. The van der Waals surface area contributed by atoms with Gasteiger partial charge in [0.05, 0.1) is 5.52 Å². The summed E-state index contributed by atoms with van der Waals surface area (Å²) in [6.45, 7) is 3.47. The van der Waals surface area contributed by atoms with Crippen molar-refractivity contribution in [3.63, 3.8) is 0 Å². The molecule has 1 N–H and O–H groups in total. The van der Waals surface area contributed by atoms with Gasteiger partial charge in [0, 0.05) is 42.6 Å². The first-order valence-corrected chi connectivity index (χ1v) is 7.78. The summed E-state index contributed by atoms with van der Waals surface area (Å²) < 4.78 is 0. The first-order chi connectivity index (χ1) is 9.90. The largest absolute Gasteiger partial charge is 0.385 e. The van der Waals surface area contributed by atoms with E-state index >= 15 is 0 Å². The number of anilines is 2. The predicted octanol–water partition coefficient (Wildman–Crippen LogP) is 3.66. The van der Waals surface area contributed by atoms with E-state index in [4.69, 9.17) is 0 Å². The first kappa shape index (κ1) is 12.0. The van der Waals surface area contributed by atoms with Crippen molar-refractivity contribution in [2.45, 2.75) is 25.7 Å². The minimum absolute atomic E-state index is 0.898. The van der Waals surface area contributed by atoms with Crippen molar-refractivity contribution in [3.05, 3.63) is 30.5 Å². The minimum atomic E-state index is 0.898. The van der Waals surface area contributed by atoms with Crippen molar-refractivity contribution < 1.29 is 0 Å². The van der Waals surface area contributed by atoms with Crippen LogP contribution in [0, 0.1) is 5.92 Å². The van der Waals surface area contributed by atoms with Crippen LogP contribution in [0.4, 0.5) is 11.4 Å². The van der Waals surface area contributed by atoms with Gasteiger partial charge in [-0.2, -0.15) is 0 Å². The number of aromatic nitrogens is 1. The van der Waals surface area contributed by atoms with Gasteiger partial charge in [-0.1, -0.05) is 0 Å². The van der Waals surface area contributed by atoms with Gasteiger partial charge in [-0.3, -0.25) is 4.98 Å². The third kappa shape index (κ3) is 2.33. The summed E-state index contributed by atoms with van der Waals surface area (Å²) >= 11 is 0. The molecule has 3 heteroatoms. The summed E-state index contributed by atoms with van der Waals surface area (Å²) in [4.78, 5) is 7.04. The highest BCUT2D eigenvalue weighted by Crippen LogP contribution is 2.31. The number of hydrogen-bond acceptors (Lipinski definition) is 3. The summed E-state index contributed by atoms with van der Waals surface area (Å²) in [5.41, 5.74) is 3.66. The quantitative estimate of drug-likeness (QED) is 0.916. The SMILES string of the molecule is c1cc(N2CCCC2)c2ccc(NCC3CC3)cc2n1. The predicted molar refractivity (Wildman–Crippen MR) is 84.4 cm³/mol. The standard InChI is InChI=1S/C17H21N3/c1-2-10-20(9-1)17-7-8-18-16-11-14(5-6-15(16)17)19-12-13-3-4-13/h5-8,11,13,19H,1-4,9-10,12H2. The normalized spacial score (nSPS) is 18.7. The third-order valence-corrected chi connectivity index (χ3v) is 4.46. The number of pyridine rings is 1. The Balaban J connectivity index is 1.64. The Kier molecular flexibility index (Phi) is 2.98. The fourth-order valence-electron chi connectivity index (χ4n) is 3.06. The summed E-state index contributed by atoms with van der Waals surface area (Å²) in [5, 5.41) is 4.82. The van der Waals surface area contributed by atoms with Crippen LogP contribution in [0.25, 0.3) is 10.9 Å². The van der Waals surface area contributed by atoms with Crippen molar-refractivity contribution in [1.29, 1.82) is 0 Å². The van der Waals surface area contributed by atoms with Crippen LogP contribution >= 0.6 is 0 Å². The third-order valence-electron chi connectivity index (χ3n) is 4.46. The van der Waals surface area contributed by atoms with Crippen molar-refractivity contribution in [1.82, 2.24) is 4.98 Å². The molecule has 0 unspecified atom stereocenters. The molecule has 0 bridgehead atoms. The van der Waals surface area contributed by atoms with E-state index < -0.39 is 0 Å². The highest BCUT2D eigenvalue weighted by Gasteiger charge is 2.20. The van der Waals surface area contributed by atoms with Crippen molar-refractivity contribution in [2.75, 3.05) is 29.9 Å². The first-order valence-electron chi connectivity index (χ1n) is 7.78. The zero-order valence-corrected chi connectivity index (χ0v) is 11.8. The van der Waals surface area contributed by atoms with Gasteiger partial charge in [-0.25, -0.2) is 0 Å². The van der Waals surface area contributed by atoms with E-state index in [1.807, 2.05) is 6.20 Å². The molecule has 0 atom stereocenters. The van der Waals surface area contributed by atoms with Crippen LogP contribution in [-0.2, 0) is 0 Å². The lowest BCUT2D eigenvalue weighted by Gasteiger charge is -2.19. The van der Waals surface area contributed by atoms with Gasteiger partial charge in [0.25, 0.3) is 0 Å². The molecule has 1 aliphatic heterocycles. The molecule has 0 amide bonds. The minimum Gasteiger partial charge on any atom is -0.385 e. The molecule has 0 spiro atoms. The second-order valence-electron chi connectivity index (χ2n) is 6.08. The van der Waals surface area contributed by atoms with E-state index in [1.54, 1.807) is 0 Å². The van der Waals surface area contributed by atoms with Crippen molar-refractivity contribution >= 4 is 22.3 Å². The maximum Gasteiger partial charge on any atom is 0.0743 e. The molecule has 2 heterocycles. The fourth-order valence-corrected chi connectivity index (χ4v) is 3.06. The molecular weight excluding hydrogens is 246 g/mol. The van der Waals surface area contributed by atoms with Crippen molar-refractivity contribution in [3.8, 4) is 0 Å². The average Bonchev–Trinajstić information content (AvgIpc) is 3.16. The molecule has 1 saturated heterocycles. The Morgan fingerprint density at radius 3 is 2.80 bits per heavy atom.